The zero-order valence-electron chi connectivity index (χ0n) is 11.0. The lowest BCUT2D eigenvalue weighted by atomic mass is 9.99. The topological polar surface area (TPSA) is 55.6 Å². The first kappa shape index (κ1) is 13.1. The lowest BCUT2D eigenvalue weighted by Crippen LogP contribution is -2.40. The first-order valence-electron chi connectivity index (χ1n) is 6.52. The molecule has 0 radical (unpaired) electrons. The Morgan fingerprint density at radius 1 is 1.61 bits per heavy atom. The van der Waals surface area contributed by atoms with Gasteiger partial charge in [-0.15, -0.1) is 0 Å². The molecule has 1 fully saturated rings. The molecule has 0 saturated carbocycles. The van der Waals surface area contributed by atoms with E-state index < -0.39 is 0 Å². The first-order chi connectivity index (χ1) is 8.72. The van der Waals surface area contributed by atoms with Crippen molar-refractivity contribution in [3.05, 3.63) is 17.5 Å². The highest BCUT2D eigenvalue weighted by Crippen LogP contribution is 2.30. The highest BCUT2D eigenvalue weighted by molar-refractivity contribution is 5.78. The van der Waals surface area contributed by atoms with Crippen LogP contribution in [0.2, 0.25) is 0 Å². The molecule has 1 saturated heterocycles. The number of aryl methyl sites for hydroxylation is 1. The molecule has 0 aromatic carbocycles. The van der Waals surface area contributed by atoms with Crippen LogP contribution in [-0.4, -0.2) is 35.7 Å². The number of nitrogens with zero attached hydrogens (tertiary/aromatic N) is 2. The zero-order chi connectivity index (χ0) is 13.0. The monoisotopic (exact) mass is 252 g/mol. The van der Waals surface area contributed by atoms with E-state index in [-0.39, 0.29) is 18.6 Å². The maximum atomic E-state index is 12.1. The third-order valence-corrected chi connectivity index (χ3v) is 3.24. The standard InChI is InChI=1S/C13H20N2O3/c1-3-17-9-13(16)15-7-5-4-6-12(15)11-8-10(2)18-14-11/h8,12H,3-7,9H2,1-2H3. The molecular weight excluding hydrogens is 232 g/mol. The Hall–Kier alpha value is -1.36. The van der Waals surface area contributed by atoms with E-state index in [1.807, 2.05) is 24.8 Å². The second kappa shape index (κ2) is 6.00. The van der Waals surface area contributed by atoms with Crippen molar-refractivity contribution in [2.45, 2.75) is 39.2 Å². The number of carbonyl (C=O) groups is 1. The largest absolute Gasteiger partial charge is 0.372 e. The van der Waals surface area contributed by atoms with E-state index in [9.17, 15) is 4.79 Å². The number of hydrogen-bond donors (Lipinski definition) is 0. The van der Waals surface area contributed by atoms with Crippen LogP contribution in [-0.2, 0) is 9.53 Å². The lowest BCUT2D eigenvalue weighted by Gasteiger charge is -2.34. The second-order valence-electron chi connectivity index (χ2n) is 4.60. The Kier molecular flexibility index (Phi) is 4.36. The van der Waals surface area contributed by atoms with E-state index in [2.05, 4.69) is 5.16 Å². The van der Waals surface area contributed by atoms with Crippen molar-refractivity contribution in [3.63, 3.8) is 0 Å². The van der Waals surface area contributed by atoms with E-state index in [4.69, 9.17) is 9.26 Å². The van der Waals surface area contributed by atoms with Crippen LogP contribution in [0.5, 0.6) is 0 Å². The predicted octanol–water partition coefficient (Wildman–Crippen LogP) is 2.07. The van der Waals surface area contributed by atoms with Gasteiger partial charge in [0.25, 0.3) is 0 Å². The Bertz CT molecular complexity index is 403. The number of carbonyl (C=O) groups excluding carboxylic acids is 1. The van der Waals surface area contributed by atoms with Crippen LogP contribution in [0.15, 0.2) is 10.6 Å². The van der Waals surface area contributed by atoms with Gasteiger partial charge in [0.1, 0.15) is 18.1 Å². The molecule has 5 nitrogen and oxygen atoms in total. The fourth-order valence-corrected chi connectivity index (χ4v) is 2.35. The number of piperidine rings is 1. The van der Waals surface area contributed by atoms with Crippen LogP contribution < -0.4 is 0 Å². The van der Waals surface area contributed by atoms with Crippen LogP contribution in [0.1, 0.15) is 43.7 Å². The van der Waals surface area contributed by atoms with E-state index in [0.29, 0.717) is 6.61 Å². The normalized spacial score (nSPS) is 20.1. The van der Waals surface area contributed by atoms with Gasteiger partial charge in [-0.1, -0.05) is 5.16 Å². The van der Waals surface area contributed by atoms with Crippen LogP contribution in [0.25, 0.3) is 0 Å². The van der Waals surface area contributed by atoms with Gasteiger partial charge in [-0.3, -0.25) is 4.79 Å². The first-order valence-corrected chi connectivity index (χ1v) is 6.52. The molecular formula is C13H20N2O3. The minimum Gasteiger partial charge on any atom is -0.372 e. The van der Waals surface area contributed by atoms with E-state index >= 15 is 0 Å². The number of rotatable bonds is 4. The molecule has 1 atom stereocenters. The Labute approximate surface area is 107 Å². The molecule has 18 heavy (non-hydrogen) atoms. The molecule has 1 aliphatic heterocycles. The van der Waals surface area contributed by atoms with Gasteiger partial charge in [0.2, 0.25) is 5.91 Å². The van der Waals surface area contributed by atoms with Crippen molar-refractivity contribution >= 4 is 5.91 Å². The van der Waals surface area contributed by atoms with Gasteiger partial charge in [-0.05, 0) is 33.1 Å². The lowest BCUT2D eigenvalue weighted by molar-refractivity contribution is -0.140. The summed E-state index contributed by atoms with van der Waals surface area (Å²) in [5.74, 6) is 0.829. The summed E-state index contributed by atoms with van der Waals surface area (Å²) < 4.78 is 10.3. The highest BCUT2D eigenvalue weighted by Gasteiger charge is 2.29. The zero-order valence-corrected chi connectivity index (χ0v) is 11.0. The molecule has 0 spiro atoms. The van der Waals surface area contributed by atoms with Gasteiger partial charge < -0.3 is 14.2 Å². The molecule has 1 amide bonds. The van der Waals surface area contributed by atoms with Crippen molar-refractivity contribution in [2.24, 2.45) is 0 Å². The number of aromatic nitrogens is 1. The SMILES string of the molecule is CCOCC(=O)N1CCCCC1c1cc(C)on1. The summed E-state index contributed by atoms with van der Waals surface area (Å²) in [5.41, 5.74) is 0.858. The quantitative estimate of drug-likeness (QED) is 0.823. The van der Waals surface area contributed by atoms with Gasteiger partial charge in [0.05, 0.1) is 6.04 Å². The van der Waals surface area contributed by atoms with Crippen LogP contribution in [0.3, 0.4) is 0 Å². The summed E-state index contributed by atoms with van der Waals surface area (Å²) in [7, 11) is 0. The fourth-order valence-electron chi connectivity index (χ4n) is 2.35. The third kappa shape index (κ3) is 2.90. The molecule has 100 valence electrons. The van der Waals surface area contributed by atoms with Crippen molar-refractivity contribution in [3.8, 4) is 0 Å². The maximum Gasteiger partial charge on any atom is 0.249 e. The average Bonchev–Trinajstić information content (AvgIpc) is 2.82. The predicted molar refractivity (Wildman–Crippen MR) is 66.0 cm³/mol. The Morgan fingerprint density at radius 2 is 2.44 bits per heavy atom. The van der Waals surface area contributed by atoms with E-state index in [1.54, 1.807) is 0 Å². The number of ether oxygens (including phenoxy) is 1. The summed E-state index contributed by atoms with van der Waals surface area (Å²) in [6.45, 7) is 5.26. The molecule has 2 rings (SSSR count). The van der Waals surface area contributed by atoms with Gasteiger partial charge in [0.15, 0.2) is 0 Å². The summed E-state index contributed by atoms with van der Waals surface area (Å²) >= 11 is 0. The van der Waals surface area contributed by atoms with Gasteiger partial charge in [-0.2, -0.15) is 0 Å². The Morgan fingerprint density at radius 3 is 3.11 bits per heavy atom. The molecule has 0 N–H and O–H groups in total. The van der Waals surface area contributed by atoms with Crippen molar-refractivity contribution in [1.82, 2.24) is 10.1 Å². The van der Waals surface area contributed by atoms with Crippen LogP contribution in [0.4, 0.5) is 0 Å². The molecule has 1 aromatic heterocycles. The third-order valence-electron chi connectivity index (χ3n) is 3.24. The maximum absolute atomic E-state index is 12.1. The molecule has 1 unspecified atom stereocenters. The molecule has 1 aliphatic rings. The molecule has 0 bridgehead atoms. The fraction of sp³-hybridized carbons (Fsp3) is 0.692. The van der Waals surface area contributed by atoms with Crippen molar-refractivity contribution in [1.29, 1.82) is 0 Å². The van der Waals surface area contributed by atoms with Crippen LogP contribution in [0, 0.1) is 6.92 Å². The molecule has 2 heterocycles. The van der Waals surface area contributed by atoms with Gasteiger partial charge in [0, 0.05) is 19.2 Å². The number of likely N-dealkylation sites (tertiary alicyclic amines) is 1. The van der Waals surface area contributed by atoms with E-state index in [1.165, 1.54) is 0 Å². The minimum absolute atomic E-state index is 0.0437. The van der Waals surface area contributed by atoms with Gasteiger partial charge in [-0.25, -0.2) is 0 Å². The van der Waals surface area contributed by atoms with Gasteiger partial charge >= 0.3 is 0 Å². The summed E-state index contributed by atoms with van der Waals surface area (Å²) in [5, 5.41) is 4.04. The van der Waals surface area contributed by atoms with Crippen molar-refractivity contribution < 1.29 is 14.1 Å². The second-order valence-corrected chi connectivity index (χ2v) is 4.60. The minimum atomic E-state index is 0.0437. The molecule has 0 aliphatic carbocycles. The summed E-state index contributed by atoms with van der Waals surface area (Å²) in [4.78, 5) is 14.0. The smallest absolute Gasteiger partial charge is 0.249 e. The highest BCUT2D eigenvalue weighted by atomic mass is 16.5. The van der Waals surface area contributed by atoms with E-state index in [0.717, 1.165) is 37.3 Å². The summed E-state index contributed by atoms with van der Waals surface area (Å²) in [6.07, 6.45) is 3.12. The molecule has 5 heteroatoms. The Balaban J connectivity index is 2.08. The average molecular weight is 252 g/mol. The van der Waals surface area contributed by atoms with Crippen molar-refractivity contribution in [2.75, 3.05) is 19.8 Å². The number of hydrogen-bond acceptors (Lipinski definition) is 4. The summed E-state index contributed by atoms with van der Waals surface area (Å²) in [6, 6.07) is 1.96. The number of amides is 1. The van der Waals surface area contributed by atoms with Crippen LogP contribution >= 0.6 is 0 Å². The molecule has 1 aromatic rings.